The predicted molar refractivity (Wildman–Crippen MR) is 132 cm³/mol. The summed E-state index contributed by atoms with van der Waals surface area (Å²) in [6.07, 6.45) is -3.13. The number of esters is 1. The fourth-order valence-corrected chi connectivity index (χ4v) is 7.64. The van der Waals surface area contributed by atoms with Crippen LogP contribution in [0.25, 0.3) is 0 Å². The van der Waals surface area contributed by atoms with Gasteiger partial charge in [-0.1, -0.05) is 66.7 Å². The van der Waals surface area contributed by atoms with Crippen molar-refractivity contribution in [2.24, 2.45) is 11.3 Å². The van der Waals surface area contributed by atoms with Gasteiger partial charge >= 0.3 is 12.3 Å². The molecule has 1 saturated carbocycles. The molecule has 3 aromatic carbocycles. The highest BCUT2D eigenvalue weighted by Gasteiger charge is 2.70. The molecule has 4 nitrogen and oxygen atoms in total. The van der Waals surface area contributed by atoms with Crippen LogP contribution in [0.2, 0.25) is 0 Å². The molecule has 0 amide bonds. The smallest absolute Gasteiger partial charge is 0.469 e. The summed E-state index contributed by atoms with van der Waals surface area (Å²) in [7, 11) is 1.46. The maximum atomic E-state index is 13.8. The van der Waals surface area contributed by atoms with E-state index in [-0.39, 0.29) is 23.6 Å². The van der Waals surface area contributed by atoms with Gasteiger partial charge in [0.15, 0.2) is 0 Å². The molecule has 3 aromatic rings. The van der Waals surface area contributed by atoms with Crippen molar-refractivity contribution < 1.29 is 27.4 Å². The van der Waals surface area contributed by atoms with Gasteiger partial charge in [-0.05, 0) is 47.2 Å². The molecule has 4 atom stereocenters. The third kappa shape index (κ3) is 3.66. The fraction of sp³-hybridized carbons (Fsp3) is 0.367. The maximum Gasteiger partial charge on any atom is 0.573 e. The molecule has 0 aromatic heterocycles. The van der Waals surface area contributed by atoms with Gasteiger partial charge in [0, 0.05) is 36.9 Å². The van der Waals surface area contributed by atoms with Crippen molar-refractivity contribution in [1.82, 2.24) is 4.90 Å². The summed E-state index contributed by atoms with van der Waals surface area (Å²) in [4.78, 5) is 16.1. The molecular weight excluding hydrogens is 479 g/mol. The number of halogens is 3. The SMILES string of the molecule is COC(=O)C12CN(Cc3ccccc3)CC1C1(c3ccc(OC(F)(F)F)cc3)CCC2c2ccccc21. The lowest BCUT2D eigenvalue weighted by atomic mass is 9.42. The van der Waals surface area contributed by atoms with Crippen LogP contribution in [0.1, 0.15) is 41.0 Å². The third-order valence-electron chi connectivity index (χ3n) is 8.83. The number of benzene rings is 3. The molecule has 192 valence electrons. The summed E-state index contributed by atoms with van der Waals surface area (Å²) in [6.45, 7) is 1.98. The first-order valence-electron chi connectivity index (χ1n) is 12.6. The summed E-state index contributed by atoms with van der Waals surface area (Å²) in [5.41, 5.74) is 3.13. The Kier molecular flexibility index (Phi) is 5.60. The number of fused-ring (bicyclic) bond motifs is 1. The van der Waals surface area contributed by atoms with E-state index in [0.29, 0.717) is 19.6 Å². The first-order valence-corrected chi connectivity index (χ1v) is 12.6. The first kappa shape index (κ1) is 24.0. The number of nitrogens with zero attached hydrogens (tertiary/aromatic N) is 1. The van der Waals surface area contributed by atoms with E-state index in [0.717, 1.165) is 24.0 Å². The molecule has 3 aliphatic carbocycles. The van der Waals surface area contributed by atoms with Crippen LogP contribution in [0.5, 0.6) is 5.75 Å². The minimum absolute atomic E-state index is 0.0247. The Labute approximate surface area is 214 Å². The molecule has 4 aliphatic rings. The zero-order chi connectivity index (χ0) is 25.8. The molecule has 2 fully saturated rings. The number of alkyl halides is 3. The van der Waals surface area contributed by atoms with E-state index < -0.39 is 17.2 Å². The van der Waals surface area contributed by atoms with Crippen LogP contribution in [0.4, 0.5) is 13.2 Å². The molecular formula is C30H28F3NO3. The van der Waals surface area contributed by atoms with Crippen molar-refractivity contribution >= 4 is 5.97 Å². The standard InChI is InChI=1S/C30H28F3NO3/c1-36-27(35)29-19-34(17-20-7-3-2-4-8-20)18-26(29)28(16-15-25(29)23-9-5-6-10-24(23)28)21-11-13-22(14-12-21)37-30(31,32)33/h2-14,25-26H,15-19H2,1H3. The molecule has 1 aliphatic heterocycles. The Hall–Kier alpha value is -3.32. The summed E-state index contributed by atoms with van der Waals surface area (Å²) >= 11 is 0. The Morgan fingerprint density at radius 3 is 2.41 bits per heavy atom. The number of carbonyl (C=O) groups excluding carboxylic acids is 1. The quantitative estimate of drug-likeness (QED) is 0.394. The average molecular weight is 508 g/mol. The van der Waals surface area contributed by atoms with Crippen molar-refractivity contribution in [1.29, 1.82) is 0 Å². The van der Waals surface area contributed by atoms with Crippen LogP contribution in [0.15, 0.2) is 78.9 Å². The van der Waals surface area contributed by atoms with Crippen LogP contribution < -0.4 is 4.74 Å². The van der Waals surface area contributed by atoms with Crippen molar-refractivity contribution in [2.75, 3.05) is 20.2 Å². The molecule has 2 bridgehead atoms. The van der Waals surface area contributed by atoms with Crippen LogP contribution in [-0.2, 0) is 21.5 Å². The van der Waals surface area contributed by atoms with Crippen LogP contribution in [-0.4, -0.2) is 37.4 Å². The van der Waals surface area contributed by atoms with Crippen molar-refractivity contribution in [3.8, 4) is 5.75 Å². The molecule has 0 spiro atoms. The third-order valence-corrected chi connectivity index (χ3v) is 8.83. The van der Waals surface area contributed by atoms with Gasteiger partial charge in [0.25, 0.3) is 0 Å². The molecule has 37 heavy (non-hydrogen) atoms. The summed E-state index contributed by atoms with van der Waals surface area (Å²) in [5.74, 6) is -0.508. The predicted octanol–water partition coefficient (Wildman–Crippen LogP) is 6.05. The van der Waals surface area contributed by atoms with E-state index in [2.05, 4.69) is 33.9 Å². The molecule has 0 N–H and O–H groups in total. The minimum Gasteiger partial charge on any atom is -0.469 e. The van der Waals surface area contributed by atoms with Gasteiger partial charge in [0.05, 0.1) is 12.5 Å². The van der Waals surface area contributed by atoms with E-state index in [1.807, 2.05) is 30.3 Å². The normalized spacial score (nSPS) is 28.4. The highest BCUT2D eigenvalue weighted by atomic mass is 19.4. The second-order valence-electron chi connectivity index (χ2n) is 10.5. The number of rotatable bonds is 5. The summed E-state index contributed by atoms with van der Waals surface area (Å²) < 4.78 is 48.2. The molecule has 4 unspecified atom stereocenters. The number of likely N-dealkylation sites (tertiary alicyclic amines) is 1. The van der Waals surface area contributed by atoms with Crippen molar-refractivity contribution in [3.05, 3.63) is 101 Å². The lowest BCUT2D eigenvalue weighted by Crippen LogP contribution is -2.60. The van der Waals surface area contributed by atoms with Crippen LogP contribution in [0.3, 0.4) is 0 Å². The number of hydrogen-bond donors (Lipinski definition) is 0. The molecule has 7 rings (SSSR count). The van der Waals surface area contributed by atoms with Crippen LogP contribution in [0, 0.1) is 11.3 Å². The van der Waals surface area contributed by atoms with Crippen molar-refractivity contribution in [3.63, 3.8) is 0 Å². The summed E-state index contributed by atoms with van der Waals surface area (Å²) in [5, 5.41) is 0. The lowest BCUT2D eigenvalue weighted by molar-refractivity contribution is -0.274. The Morgan fingerprint density at radius 1 is 1.00 bits per heavy atom. The number of carbonyl (C=O) groups is 1. The summed E-state index contributed by atoms with van der Waals surface area (Å²) in [6, 6.07) is 24.7. The van der Waals surface area contributed by atoms with Crippen LogP contribution >= 0.6 is 0 Å². The number of ether oxygens (including phenoxy) is 2. The molecule has 7 heteroatoms. The highest BCUT2D eigenvalue weighted by Crippen LogP contribution is 2.69. The van der Waals surface area contributed by atoms with Gasteiger partial charge in [-0.2, -0.15) is 0 Å². The molecule has 0 radical (unpaired) electrons. The Balaban J connectivity index is 1.49. The van der Waals surface area contributed by atoms with Gasteiger partial charge in [-0.15, -0.1) is 13.2 Å². The lowest BCUT2D eigenvalue weighted by Gasteiger charge is -2.59. The molecule has 1 heterocycles. The second-order valence-corrected chi connectivity index (χ2v) is 10.5. The minimum atomic E-state index is -4.75. The average Bonchev–Trinajstić information content (AvgIpc) is 3.30. The van der Waals surface area contributed by atoms with E-state index >= 15 is 0 Å². The van der Waals surface area contributed by atoms with E-state index in [4.69, 9.17) is 4.74 Å². The first-order chi connectivity index (χ1) is 17.8. The zero-order valence-corrected chi connectivity index (χ0v) is 20.5. The largest absolute Gasteiger partial charge is 0.573 e. The van der Waals surface area contributed by atoms with E-state index in [1.165, 1.54) is 30.4 Å². The topological polar surface area (TPSA) is 38.8 Å². The van der Waals surface area contributed by atoms with Gasteiger partial charge < -0.3 is 9.47 Å². The van der Waals surface area contributed by atoms with Gasteiger partial charge in [0.2, 0.25) is 0 Å². The Bertz CT molecular complexity index is 1310. The van der Waals surface area contributed by atoms with E-state index in [1.54, 1.807) is 12.1 Å². The highest BCUT2D eigenvalue weighted by molar-refractivity contribution is 5.82. The molecule has 1 saturated heterocycles. The number of hydrogen-bond acceptors (Lipinski definition) is 4. The second kappa shape index (κ2) is 8.62. The van der Waals surface area contributed by atoms with E-state index in [9.17, 15) is 18.0 Å². The van der Waals surface area contributed by atoms with Crippen molar-refractivity contribution in [2.45, 2.75) is 37.1 Å². The Morgan fingerprint density at radius 2 is 1.70 bits per heavy atom. The maximum absolute atomic E-state index is 13.8. The van der Waals surface area contributed by atoms with Gasteiger partial charge in [-0.3, -0.25) is 9.69 Å². The van der Waals surface area contributed by atoms with Gasteiger partial charge in [0.1, 0.15) is 5.75 Å². The fourth-order valence-electron chi connectivity index (χ4n) is 7.64. The monoisotopic (exact) mass is 507 g/mol. The number of methoxy groups -OCH3 is 1. The zero-order valence-electron chi connectivity index (χ0n) is 20.5. The van der Waals surface area contributed by atoms with Gasteiger partial charge in [-0.25, -0.2) is 0 Å².